The van der Waals surface area contributed by atoms with Gasteiger partial charge in [0.05, 0.1) is 18.9 Å². The summed E-state index contributed by atoms with van der Waals surface area (Å²) in [4.78, 5) is 52.8. The molecule has 42 heavy (non-hydrogen) atoms. The number of nitrogens with one attached hydrogen (secondary N) is 2. The van der Waals surface area contributed by atoms with Crippen LogP contribution in [0.1, 0.15) is 36.2 Å². The number of fused-ring (bicyclic) bond motifs is 2. The molecule has 2 aliphatic heterocycles. The molecule has 13 heteroatoms. The van der Waals surface area contributed by atoms with Crippen LogP contribution in [-0.4, -0.2) is 71.7 Å². The first-order valence-electron chi connectivity index (χ1n) is 13.6. The van der Waals surface area contributed by atoms with Crippen LogP contribution in [0, 0.1) is 5.92 Å². The van der Waals surface area contributed by atoms with Crippen LogP contribution in [0.5, 0.6) is 0 Å². The highest BCUT2D eigenvalue weighted by molar-refractivity contribution is 6.08. The number of carbonyl (C=O) groups excluding carboxylic acids is 4. The van der Waals surface area contributed by atoms with Crippen molar-refractivity contribution in [2.75, 3.05) is 17.2 Å². The third kappa shape index (κ3) is 4.80. The Hall–Kier alpha value is -4.94. The Kier molecular flexibility index (Phi) is 6.79. The molecule has 0 spiro atoms. The van der Waals surface area contributed by atoms with E-state index in [2.05, 4.69) is 25.9 Å². The highest BCUT2D eigenvalue weighted by atomic mass is 19.1. The molecule has 0 radical (unpaired) electrons. The molecule has 12 nitrogen and oxygen atoms in total. The van der Waals surface area contributed by atoms with E-state index >= 15 is 0 Å². The fourth-order valence-electron chi connectivity index (χ4n) is 5.75. The van der Waals surface area contributed by atoms with Crippen LogP contribution in [-0.2, 0) is 34.4 Å². The Morgan fingerprint density at radius 1 is 1.17 bits per heavy atom. The number of amides is 3. The van der Waals surface area contributed by atoms with Gasteiger partial charge in [-0.15, -0.1) is 0 Å². The summed E-state index contributed by atoms with van der Waals surface area (Å²) < 4.78 is 17.8. The average Bonchev–Trinajstić information content (AvgIpc) is 3.63. The minimum Gasteiger partial charge on any atom is -0.337 e. The average molecular weight is 573 g/mol. The smallest absolute Gasteiger partial charge is 0.248 e. The lowest BCUT2D eigenvalue weighted by atomic mass is 9.98. The van der Waals surface area contributed by atoms with Gasteiger partial charge in [-0.1, -0.05) is 13.0 Å². The van der Waals surface area contributed by atoms with Gasteiger partial charge in [0, 0.05) is 53.2 Å². The molecule has 0 aliphatic carbocycles. The number of aryl methyl sites for hydroxylation is 1. The fraction of sp³-hybridized carbons (Fsp3) is 0.345. The maximum atomic E-state index is 14.7. The molecule has 3 amide bonds. The van der Waals surface area contributed by atoms with Crippen LogP contribution in [0.2, 0.25) is 0 Å². The van der Waals surface area contributed by atoms with Gasteiger partial charge in [-0.25, -0.2) is 4.39 Å². The molecule has 2 N–H and O–H groups in total. The zero-order valence-electron chi connectivity index (χ0n) is 23.3. The van der Waals surface area contributed by atoms with Crippen molar-refractivity contribution >= 4 is 46.0 Å². The van der Waals surface area contributed by atoms with Crippen molar-refractivity contribution in [1.29, 1.82) is 0 Å². The number of anilines is 2. The first kappa shape index (κ1) is 27.2. The number of alkyl halides is 1. The first-order chi connectivity index (χ1) is 20.1. The number of Topliss-reactive ketones (excluding diaryl/α,β-unsaturated/α-hetero) is 1. The van der Waals surface area contributed by atoms with Crippen molar-refractivity contribution in [2.45, 2.75) is 45.4 Å². The number of carbonyl (C=O) groups is 4. The number of hydrogen-bond donors (Lipinski definition) is 2. The molecule has 1 unspecified atom stereocenters. The number of aromatic nitrogens is 5. The van der Waals surface area contributed by atoms with Gasteiger partial charge >= 0.3 is 0 Å². The lowest BCUT2D eigenvalue weighted by Crippen LogP contribution is -2.44. The molecule has 0 bridgehead atoms. The summed E-state index contributed by atoms with van der Waals surface area (Å²) in [6, 6.07) is 6.32. The molecule has 5 heterocycles. The molecule has 2 aliphatic rings. The van der Waals surface area contributed by atoms with Crippen LogP contribution in [0.15, 0.2) is 42.9 Å². The summed E-state index contributed by atoms with van der Waals surface area (Å²) in [5.41, 5.74) is 3.46. The van der Waals surface area contributed by atoms with E-state index in [1.165, 1.54) is 16.5 Å². The molecule has 1 fully saturated rings. The molecule has 0 saturated carbocycles. The molecule has 4 aromatic rings. The summed E-state index contributed by atoms with van der Waals surface area (Å²) in [6.07, 6.45) is 3.70. The summed E-state index contributed by atoms with van der Waals surface area (Å²) in [5.74, 6) is -0.817. The van der Waals surface area contributed by atoms with E-state index < -0.39 is 24.0 Å². The van der Waals surface area contributed by atoms with Gasteiger partial charge in [0.25, 0.3) is 0 Å². The fourth-order valence-corrected chi connectivity index (χ4v) is 5.75. The summed E-state index contributed by atoms with van der Waals surface area (Å²) in [6.45, 7) is 2.83. The highest BCUT2D eigenvalue weighted by Crippen LogP contribution is 2.32. The van der Waals surface area contributed by atoms with Crippen LogP contribution >= 0.6 is 0 Å². The zero-order valence-corrected chi connectivity index (χ0v) is 23.3. The summed E-state index contributed by atoms with van der Waals surface area (Å²) >= 11 is 0. The Bertz CT molecular complexity index is 1750. The lowest BCUT2D eigenvalue weighted by molar-refractivity contribution is -0.137. The first-order valence-corrected chi connectivity index (χ1v) is 13.6. The van der Waals surface area contributed by atoms with E-state index in [1.54, 1.807) is 37.1 Å². The van der Waals surface area contributed by atoms with Gasteiger partial charge < -0.3 is 20.1 Å². The minimum absolute atomic E-state index is 0.132. The molecule has 3 aromatic heterocycles. The van der Waals surface area contributed by atoms with Gasteiger partial charge in [-0.2, -0.15) is 15.3 Å². The SMILES string of the molecule is CC(=O)c1cn(CC(=O)N2C[C@H](F)C[C@H]2C(=O)Nc2nn(C)c3c2CC(C)C(=O)N3)c2ccc(-c3ccnnc3)cc12. The number of halogens is 1. The minimum atomic E-state index is -1.37. The van der Waals surface area contributed by atoms with Gasteiger partial charge in [-0.3, -0.25) is 23.9 Å². The van der Waals surface area contributed by atoms with Gasteiger partial charge in [0.2, 0.25) is 17.7 Å². The quantitative estimate of drug-likeness (QED) is 0.338. The van der Waals surface area contributed by atoms with Crippen LogP contribution < -0.4 is 10.6 Å². The van der Waals surface area contributed by atoms with Gasteiger partial charge in [0.15, 0.2) is 11.6 Å². The molecule has 1 aromatic carbocycles. The van der Waals surface area contributed by atoms with Crippen molar-refractivity contribution in [2.24, 2.45) is 13.0 Å². The van der Waals surface area contributed by atoms with E-state index in [0.29, 0.717) is 34.3 Å². The normalized spacial score (nSPS) is 20.0. The molecule has 3 atom stereocenters. The number of benzene rings is 1. The predicted molar refractivity (Wildman–Crippen MR) is 151 cm³/mol. The second kappa shape index (κ2) is 10.5. The molecular weight excluding hydrogens is 543 g/mol. The third-order valence-corrected chi connectivity index (χ3v) is 7.94. The van der Waals surface area contributed by atoms with Crippen LogP contribution in [0.25, 0.3) is 22.0 Å². The predicted octanol–water partition coefficient (Wildman–Crippen LogP) is 2.74. The molecule has 1 saturated heterocycles. The summed E-state index contributed by atoms with van der Waals surface area (Å²) in [5, 5.41) is 18.3. The number of ketones is 1. The van der Waals surface area contributed by atoms with Gasteiger partial charge in [-0.05, 0) is 37.1 Å². The van der Waals surface area contributed by atoms with E-state index in [4.69, 9.17) is 0 Å². The topological polar surface area (TPSA) is 144 Å². The molecular formula is C29H29FN8O4. The molecule has 216 valence electrons. The number of likely N-dealkylation sites (tertiary alicyclic amines) is 1. The standard InChI is InChI=1S/C29H29FN8O4/c1-15-8-21-26(35-36(3)27(21)34-28(15)41)33-29(42)24-10-19(30)12-38(24)25(40)14-37-13-22(16(2)39)20-9-17(4-5-23(20)37)18-6-7-31-32-11-18/h4-7,9,11,13,15,19,24H,8,10,12,14H2,1-3H3,(H,34,41)(H,33,35,42)/t15?,19-,24+/m1/s1. The second-order valence-corrected chi connectivity index (χ2v) is 10.9. The van der Waals surface area contributed by atoms with E-state index in [1.807, 2.05) is 24.3 Å². The zero-order chi connectivity index (χ0) is 29.7. The second-order valence-electron chi connectivity index (χ2n) is 10.9. The van der Waals surface area contributed by atoms with Crippen molar-refractivity contribution in [1.82, 2.24) is 29.4 Å². The Labute approximate surface area is 239 Å². The largest absolute Gasteiger partial charge is 0.337 e. The van der Waals surface area contributed by atoms with E-state index in [0.717, 1.165) is 11.1 Å². The Balaban J connectivity index is 1.25. The van der Waals surface area contributed by atoms with E-state index in [-0.39, 0.29) is 42.9 Å². The monoisotopic (exact) mass is 572 g/mol. The summed E-state index contributed by atoms with van der Waals surface area (Å²) in [7, 11) is 1.65. The number of nitrogens with zero attached hydrogens (tertiary/aromatic N) is 6. The van der Waals surface area contributed by atoms with Gasteiger partial charge in [0.1, 0.15) is 24.6 Å². The Morgan fingerprint density at radius 2 is 1.98 bits per heavy atom. The molecule has 6 rings (SSSR count). The third-order valence-electron chi connectivity index (χ3n) is 7.94. The maximum Gasteiger partial charge on any atom is 0.248 e. The lowest BCUT2D eigenvalue weighted by Gasteiger charge is -2.24. The Morgan fingerprint density at radius 3 is 2.71 bits per heavy atom. The van der Waals surface area contributed by atoms with Crippen molar-refractivity contribution in [3.8, 4) is 11.1 Å². The van der Waals surface area contributed by atoms with E-state index in [9.17, 15) is 23.6 Å². The van der Waals surface area contributed by atoms with Crippen molar-refractivity contribution in [3.63, 3.8) is 0 Å². The number of hydrogen-bond acceptors (Lipinski definition) is 7. The maximum absolute atomic E-state index is 14.7. The highest BCUT2D eigenvalue weighted by Gasteiger charge is 2.41. The van der Waals surface area contributed by atoms with Crippen molar-refractivity contribution < 1.29 is 23.6 Å². The number of rotatable bonds is 6. The van der Waals surface area contributed by atoms with Crippen LogP contribution in [0.3, 0.4) is 0 Å². The van der Waals surface area contributed by atoms with Crippen LogP contribution in [0.4, 0.5) is 16.0 Å². The van der Waals surface area contributed by atoms with Crippen molar-refractivity contribution in [3.05, 3.63) is 54.0 Å².